The van der Waals surface area contributed by atoms with Gasteiger partial charge in [0.2, 0.25) is 0 Å². The molecule has 0 spiro atoms. The molecule has 0 radical (unpaired) electrons. The zero-order chi connectivity index (χ0) is 22.5. The maximum Gasteiger partial charge on any atom is 0.257 e. The fourth-order valence-corrected chi connectivity index (χ4v) is 4.04. The summed E-state index contributed by atoms with van der Waals surface area (Å²) >= 11 is 0. The van der Waals surface area contributed by atoms with Gasteiger partial charge in [0.1, 0.15) is 11.6 Å². The average Bonchev–Trinajstić information content (AvgIpc) is 3.20. The molecule has 0 atom stereocenters. The van der Waals surface area contributed by atoms with E-state index in [9.17, 15) is 4.79 Å². The van der Waals surface area contributed by atoms with Crippen molar-refractivity contribution in [1.82, 2.24) is 14.9 Å². The van der Waals surface area contributed by atoms with Crippen LogP contribution in [-0.2, 0) is 17.8 Å². The number of carbonyl (C=O) groups excluding carboxylic acids is 1. The van der Waals surface area contributed by atoms with Crippen molar-refractivity contribution in [2.24, 2.45) is 0 Å². The molecule has 5 aromatic rings. The number of nitrogens with zero attached hydrogens (tertiary/aromatic N) is 2. The van der Waals surface area contributed by atoms with Crippen molar-refractivity contribution in [2.75, 3.05) is 13.2 Å². The van der Waals surface area contributed by atoms with Crippen LogP contribution in [0.2, 0.25) is 0 Å². The van der Waals surface area contributed by atoms with Gasteiger partial charge in [-0.05, 0) is 46.7 Å². The lowest BCUT2D eigenvalue weighted by Crippen LogP contribution is -2.31. The lowest BCUT2D eigenvalue weighted by atomic mass is 10.1. The first-order valence-corrected chi connectivity index (χ1v) is 11.1. The molecule has 5 heteroatoms. The second-order valence-electron chi connectivity index (χ2n) is 7.99. The van der Waals surface area contributed by atoms with Crippen LogP contribution in [0.3, 0.4) is 0 Å². The molecule has 5 rings (SSSR count). The second kappa shape index (κ2) is 9.57. The molecule has 1 aromatic heterocycles. The lowest BCUT2D eigenvalue weighted by Gasteiger charge is -2.11. The number of para-hydroxylation sites is 3. The van der Waals surface area contributed by atoms with Gasteiger partial charge in [0.15, 0.2) is 6.61 Å². The zero-order valence-corrected chi connectivity index (χ0v) is 18.3. The topological polar surface area (TPSA) is 56.1 Å². The Morgan fingerprint density at radius 3 is 2.48 bits per heavy atom. The Morgan fingerprint density at radius 1 is 0.848 bits per heavy atom. The zero-order valence-electron chi connectivity index (χ0n) is 18.3. The first kappa shape index (κ1) is 20.8. The van der Waals surface area contributed by atoms with Crippen molar-refractivity contribution in [1.29, 1.82) is 0 Å². The van der Waals surface area contributed by atoms with Crippen molar-refractivity contribution < 1.29 is 9.53 Å². The van der Waals surface area contributed by atoms with E-state index in [-0.39, 0.29) is 12.5 Å². The van der Waals surface area contributed by atoms with Crippen LogP contribution in [-0.4, -0.2) is 28.6 Å². The summed E-state index contributed by atoms with van der Waals surface area (Å²) in [6.07, 6.45) is 0.638. The highest BCUT2D eigenvalue weighted by molar-refractivity contribution is 5.83. The molecule has 0 aliphatic carbocycles. The third kappa shape index (κ3) is 4.88. The molecule has 1 heterocycles. The van der Waals surface area contributed by atoms with E-state index in [0.717, 1.165) is 23.4 Å². The van der Waals surface area contributed by atoms with Gasteiger partial charge in [-0.3, -0.25) is 4.79 Å². The summed E-state index contributed by atoms with van der Waals surface area (Å²) in [6, 6.07) is 32.5. The Kier molecular flexibility index (Phi) is 6.02. The number of aromatic nitrogens is 2. The first-order chi connectivity index (χ1) is 16.3. The quantitative estimate of drug-likeness (QED) is 0.374. The number of imidazole rings is 1. The molecule has 0 saturated carbocycles. The van der Waals surface area contributed by atoms with Crippen LogP contribution in [0.1, 0.15) is 11.4 Å². The second-order valence-corrected chi connectivity index (χ2v) is 7.99. The molecule has 0 saturated heterocycles. The molecule has 0 aliphatic rings. The first-order valence-electron chi connectivity index (χ1n) is 11.1. The van der Waals surface area contributed by atoms with Crippen LogP contribution in [0.4, 0.5) is 0 Å². The maximum atomic E-state index is 12.2. The van der Waals surface area contributed by atoms with Crippen LogP contribution >= 0.6 is 0 Å². The number of rotatable bonds is 8. The van der Waals surface area contributed by atoms with Crippen molar-refractivity contribution in [2.45, 2.75) is 13.0 Å². The number of fused-ring (bicyclic) bond motifs is 2. The Balaban J connectivity index is 1.28. The van der Waals surface area contributed by atoms with E-state index in [4.69, 9.17) is 9.72 Å². The molecule has 33 heavy (non-hydrogen) atoms. The van der Waals surface area contributed by atoms with Crippen LogP contribution < -0.4 is 10.1 Å². The van der Waals surface area contributed by atoms with Gasteiger partial charge in [-0.1, -0.05) is 66.7 Å². The van der Waals surface area contributed by atoms with Crippen LogP contribution in [0, 0.1) is 0 Å². The van der Waals surface area contributed by atoms with Gasteiger partial charge in [0.25, 0.3) is 5.91 Å². The molecule has 0 aliphatic heterocycles. The summed E-state index contributed by atoms with van der Waals surface area (Å²) in [5.74, 6) is 1.49. The Labute approximate surface area is 192 Å². The van der Waals surface area contributed by atoms with E-state index in [2.05, 4.69) is 58.4 Å². The number of amides is 1. The highest BCUT2D eigenvalue weighted by Crippen LogP contribution is 2.21. The molecule has 1 amide bonds. The third-order valence-electron chi connectivity index (χ3n) is 5.67. The molecular weight excluding hydrogens is 410 g/mol. The summed E-state index contributed by atoms with van der Waals surface area (Å²) in [7, 11) is 0. The predicted molar refractivity (Wildman–Crippen MR) is 131 cm³/mol. The number of nitrogens with one attached hydrogen (secondary N) is 1. The van der Waals surface area contributed by atoms with E-state index in [0.29, 0.717) is 18.7 Å². The van der Waals surface area contributed by atoms with E-state index in [1.807, 2.05) is 48.5 Å². The molecule has 0 bridgehead atoms. The Hall–Kier alpha value is -4.12. The number of ether oxygens (including phenoxy) is 1. The predicted octanol–water partition coefficient (Wildman–Crippen LogP) is 4.98. The SMILES string of the molecule is O=C(COc1ccccc1)NCCc1nc2ccccc2n1Cc1ccc2ccccc2c1. The average molecular weight is 436 g/mol. The summed E-state index contributed by atoms with van der Waals surface area (Å²) in [5, 5.41) is 5.41. The van der Waals surface area contributed by atoms with Gasteiger partial charge in [0.05, 0.1) is 11.0 Å². The van der Waals surface area contributed by atoms with E-state index >= 15 is 0 Å². The summed E-state index contributed by atoms with van der Waals surface area (Å²) in [4.78, 5) is 17.1. The molecular formula is C28H25N3O2. The summed E-state index contributed by atoms with van der Waals surface area (Å²) in [6.45, 7) is 1.22. The largest absolute Gasteiger partial charge is 0.484 e. The van der Waals surface area contributed by atoms with Gasteiger partial charge in [-0.2, -0.15) is 0 Å². The van der Waals surface area contributed by atoms with Crippen LogP contribution in [0.15, 0.2) is 97.1 Å². The summed E-state index contributed by atoms with van der Waals surface area (Å²) in [5.41, 5.74) is 3.28. The highest BCUT2D eigenvalue weighted by Gasteiger charge is 2.12. The van der Waals surface area contributed by atoms with Gasteiger partial charge >= 0.3 is 0 Å². The van der Waals surface area contributed by atoms with Crippen molar-refractivity contribution in [3.05, 3.63) is 108 Å². The lowest BCUT2D eigenvalue weighted by molar-refractivity contribution is -0.123. The normalized spacial score (nSPS) is 11.0. The van der Waals surface area contributed by atoms with Gasteiger partial charge in [-0.25, -0.2) is 4.98 Å². The molecule has 0 unspecified atom stereocenters. The number of hydrogen-bond acceptors (Lipinski definition) is 3. The van der Waals surface area contributed by atoms with Crippen LogP contribution in [0.5, 0.6) is 5.75 Å². The highest BCUT2D eigenvalue weighted by atomic mass is 16.5. The number of benzene rings is 4. The third-order valence-corrected chi connectivity index (χ3v) is 5.67. The maximum absolute atomic E-state index is 12.2. The summed E-state index contributed by atoms with van der Waals surface area (Å²) < 4.78 is 7.77. The van der Waals surface area contributed by atoms with E-state index in [1.165, 1.54) is 16.3 Å². The minimum absolute atomic E-state index is 0.00246. The van der Waals surface area contributed by atoms with Gasteiger partial charge < -0.3 is 14.6 Å². The Bertz CT molecular complexity index is 1390. The van der Waals surface area contributed by atoms with Crippen molar-refractivity contribution in [3.63, 3.8) is 0 Å². The molecule has 1 N–H and O–H groups in total. The minimum Gasteiger partial charge on any atom is -0.484 e. The molecule has 0 fully saturated rings. The fraction of sp³-hybridized carbons (Fsp3) is 0.143. The standard InChI is InChI=1S/C28H25N3O2/c32-28(20-33-24-10-2-1-3-11-24)29-17-16-27-30-25-12-6-7-13-26(25)31(27)19-21-14-15-22-8-4-5-9-23(22)18-21/h1-15,18H,16-17,19-20H2,(H,29,32). The number of carbonyl (C=O) groups is 1. The minimum atomic E-state index is -0.143. The van der Waals surface area contributed by atoms with Gasteiger partial charge in [-0.15, -0.1) is 0 Å². The van der Waals surface area contributed by atoms with E-state index in [1.54, 1.807) is 0 Å². The monoisotopic (exact) mass is 435 g/mol. The van der Waals surface area contributed by atoms with Crippen molar-refractivity contribution in [3.8, 4) is 5.75 Å². The van der Waals surface area contributed by atoms with E-state index < -0.39 is 0 Å². The number of hydrogen-bond donors (Lipinski definition) is 1. The van der Waals surface area contributed by atoms with Crippen LogP contribution in [0.25, 0.3) is 21.8 Å². The van der Waals surface area contributed by atoms with Gasteiger partial charge in [0, 0.05) is 19.5 Å². The van der Waals surface area contributed by atoms with Crippen molar-refractivity contribution >= 4 is 27.7 Å². The molecule has 4 aromatic carbocycles. The molecule has 164 valence electrons. The molecule has 5 nitrogen and oxygen atoms in total. The smallest absolute Gasteiger partial charge is 0.257 e. The Morgan fingerprint density at radius 2 is 1.61 bits per heavy atom. The fourth-order valence-electron chi connectivity index (χ4n) is 4.04.